The highest BCUT2D eigenvalue weighted by Crippen LogP contribution is 2.37. The Hall–Kier alpha value is -3.19. The van der Waals surface area contributed by atoms with Crippen LogP contribution in [0.25, 0.3) is 43.6 Å². The first kappa shape index (κ1) is 13.3. The van der Waals surface area contributed by atoms with Gasteiger partial charge >= 0.3 is 0 Å². The number of nitrogens with zero attached hydrogens (tertiary/aromatic N) is 1. The van der Waals surface area contributed by atoms with Crippen molar-refractivity contribution in [1.29, 1.82) is 0 Å². The van der Waals surface area contributed by atoms with E-state index in [0.29, 0.717) is 0 Å². The quantitative estimate of drug-likeness (QED) is 0.336. The van der Waals surface area contributed by atoms with Crippen molar-refractivity contribution in [1.82, 2.24) is 4.98 Å². The first-order valence-corrected chi connectivity index (χ1v) is 8.16. The van der Waals surface area contributed by atoms with Crippen LogP contribution in [-0.4, -0.2) is 4.98 Å². The molecule has 5 rings (SSSR count). The zero-order valence-electron chi connectivity index (χ0n) is 13.1. The second-order valence-corrected chi connectivity index (χ2v) is 6.07. The van der Waals surface area contributed by atoms with Crippen molar-refractivity contribution in [3.8, 4) is 11.3 Å². The summed E-state index contributed by atoms with van der Waals surface area (Å²) in [5.41, 5.74) is 2.21. The van der Waals surface area contributed by atoms with Crippen LogP contribution in [0.2, 0.25) is 0 Å². The first-order valence-electron chi connectivity index (χ1n) is 8.16. The summed E-state index contributed by atoms with van der Waals surface area (Å²) in [4.78, 5) is 4.59. The largest absolute Gasteiger partial charge is 0.256 e. The maximum absolute atomic E-state index is 4.59. The molecule has 0 saturated heterocycles. The third-order valence-corrected chi connectivity index (χ3v) is 4.69. The van der Waals surface area contributed by atoms with Gasteiger partial charge in [0.2, 0.25) is 0 Å². The molecule has 0 N–H and O–H groups in total. The van der Waals surface area contributed by atoms with Crippen LogP contribution in [0.3, 0.4) is 0 Å². The maximum Gasteiger partial charge on any atom is 0.0708 e. The molecule has 0 aliphatic heterocycles. The number of hydrogen-bond donors (Lipinski definition) is 0. The van der Waals surface area contributed by atoms with E-state index in [1.54, 1.807) is 0 Å². The summed E-state index contributed by atoms with van der Waals surface area (Å²) in [7, 11) is 0. The third kappa shape index (κ3) is 1.92. The van der Waals surface area contributed by atoms with Crippen LogP contribution in [0.4, 0.5) is 0 Å². The fourth-order valence-corrected chi connectivity index (χ4v) is 3.61. The van der Waals surface area contributed by atoms with Crippen LogP contribution in [0, 0.1) is 0 Å². The molecule has 1 nitrogen and oxygen atoms in total. The molecule has 0 radical (unpaired) electrons. The predicted molar refractivity (Wildman–Crippen MR) is 102 cm³/mol. The van der Waals surface area contributed by atoms with Crippen LogP contribution in [-0.2, 0) is 0 Å². The zero-order chi connectivity index (χ0) is 15.9. The van der Waals surface area contributed by atoms with Crippen LogP contribution < -0.4 is 0 Å². The van der Waals surface area contributed by atoms with Crippen molar-refractivity contribution in [2.45, 2.75) is 0 Å². The Balaban J connectivity index is 2.05. The van der Waals surface area contributed by atoms with Crippen molar-refractivity contribution < 1.29 is 0 Å². The summed E-state index contributed by atoms with van der Waals surface area (Å²) >= 11 is 0. The molecule has 0 amide bonds. The number of pyridine rings is 1. The van der Waals surface area contributed by atoms with Crippen molar-refractivity contribution in [3.63, 3.8) is 0 Å². The van der Waals surface area contributed by atoms with E-state index in [1.165, 1.54) is 37.9 Å². The lowest BCUT2D eigenvalue weighted by Gasteiger charge is -2.12. The lowest BCUT2D eigenvalue weighted by Crippen LogP contribution is -1.87. The lowest BCUT2D eigenvalue weighted by molar-refractivity contribution is 1.33. The van der Waals surface area contributed by atoms with Gasteiger partial charge in [0.25, 0.3) is 0 Å². The van der Waals surface area contributed by atoms with E-state index in [0.717, 1.165) is 5.69 Å². The molecule has 0 spiro atoms. The number of rotatable bonds is 1. The Bertz CT molecular complexity index is 1180. The molecular weight excluding hydrogens is 290 g/mol. The molecule has 0 fully saturated rings. The molecule has 0 saturated carbocycles. The van der Waals surface area contributed by atoms with Crippen molar-refractivity contribution in [3.05, 3.63) is 91.1 Å². The molecule has 1 heterocycles. The number of benzene rings is 4. The molecule has 0 aliphatic carbocycles. The topological polar surface area (TPSA) is 12.9 Å². The number of aromatic nitrogens is 1. The summed E-state index contributed by atoms with van der Waals surface area (Å²) in [6, 6.07) is 30.0. The van der Waals surface area contributed by atoms with Gasteiger partial charge in [-0.1, -0.05) is 72.8 Å². The molecule has 0 bridgehead atoms. The van der Waals surface area contributed by atoms with Crippen LogP contribution in [0.1, 0.15) is 0 Å². The fraction of sp³-hybridized carbons (Fsp3) is 0. The van der Waals surface area contributed by atoms with E-state index in [1.807, 2.05) is 18.3 Å². The van der Waals surface area contributed by atoms with Gasteiger partial charge in [-0.2, -0.15) is 0 Å². The zero-order valence-corrected chi connectivity index (χ0v) is 13.1. The minimum Gasteiger partial charge on any atom is -0.256 e. The van der Waals surface area contributed by atoms with Gasteiger partial charge < -0.3 is 0 Å². The molecule has 0 atom stereocenters. The highest BCUT2D eigenvalue weighted by atomic mass is 14.7. The SMILES string of the molecule is c1ccc(-c2cccc3ccc4ccc5ccccc5c4c23)nc1. The Kier molecular flexibility index (Phi) is 2.86. The van der Waals surface area contributed by atoms with Crippen LogP contribution >= 0.6 is 0 Å². The molecular formula is C23H15N. The van der Waals surface area contributed by atoms with Crippen molar-refractivity contribution in [2.24, 2.45) is 0 Å². The second-order valence-electron chi connectivity index (χ2n) is 6.07. The summed E-state index contributed by atoms with van der Waals surface area (Å²) < 4.78 is 0. The van der Waals surface area contributed by atoms with Gasteiger partial charge in [-0.15, -0.1) is 0 Å². The summed E-state index contributed by atoms with van der Waals surface area (Å²) in [5, 5.41) is 7.68. The summed E-state index contributed by atoms with van der Waals surface area (Å²) in [6.45, 7) is 0. The Labute approximate surface area is 140 Å². The lowest BCUT2D eigenvalue weighted by atomic mass is 9.92. The number of fused-ring (bicyclic) bond motifs is 5. The van der Waals surface area contributed by atoms with Gasteiger partial charge in [-0.05, 0) is 44.5 Å². The fourth-order valence-electron chi connectivity index (χ4n) is 3.61. The summed E-state index contributed by atoms with van der Waals surface area (Å²) in [5.74, 6) is 0. The highest BCUT2D eigenvalue weighted by Gasteiger charge is 2.10. The van der Waals surface area contributed by atoms with Gasteiger partial charge in [0.05, 0.1) is 5.69 Å². The molecule has 0 unspecified atom stereocenters. The molecule has 1 aromatic heterocycles. The van der Waals surface area contributed by atoms with Gasteiger partial charge in [0.15, 0.2) is 0 Å². The second kappa shape index (κ2) is 5.17. The van der Waals surface area contributed by atoms with E-state index < -0.39 is 0 Å². The maximum atomic E-state index is 4.59. The highest BCUT2D eigenvalue weighted by molar-refractivity contribution is 6.23. The number of hydrogen-bond acceptors (Lipinski definition) is 1. The van der Waals surface area contributed by atoms with E-state index in [-0.39, 0.29) is 0 Å². The van der Waals surface area contributed by atoms with Crippen LogP contribution in [0.15, 0.2) is 91.1 Å². The minimum atomic E-state index is 1.02. The van der Waals surface area contributed by atoms with Crippen LogP contribution in [0.5, 0.6) is 0 Å². The third-order valence-electron chi connectivity index (χ3n) is 4.69. The Morgan fingerprint density at radius 3 is 2.04 bits per heavy atom. The van der Waals surface area contributed by atoms with Crippen molar-refractivity contribution in [2.75, 3.05) is 0 Å². The standard InChI is InChI=1S/C23H15N/c1-2-8-19-16(6-1)11-12-18-14-13-17-7-5-9-20(23(17)22(18)19)21-10-3-4-15-24-21/h1-15H. The van der Waals surface area contributed by atoms with Gasteiger partial charge in [-0.3, -0.25) is 4.98 Å². The average molecular weight is 305 g/mol. The van der Waals surface area contributed by atoms with E-state index >= 15 is 0 Å². The first-order chi connectivity index (χ1) is 11.9. The van der Waals surface area contributed by atoms with E-state index in [9.17, 15) is 0 Å². The normalized spacial score (nSPS) is 11.3. The van der Waals surface area contributed by atoms with Gasteiger partial charge in [0, 0.05) is 11.8 Å². The molecule has 1 heteroatoms. The molecule has 5 aromatic rings. The monoisotopic (exact) mass is 305 g/mol. The van der Waals surface area contributed by atoms with Gasteiger partial charge in [-0.25, -0.2) is 0 Å². The minimum absolute atomic E-state index is 1.02. The average Bonchev–Trinajstić information content (AvgIpc) is 2.67. The molecule has 4 aromatic carbocycles. The molecule has 24 heavy (non-hydrogen) atoms. The Morgan fingerprint density at radius 2 is 1.21 bits per heavy atom. The smallest absolute Gasteiger partial charge is 0.0708 e. The Morgan fingerprint density at radius 1 is 0.500 bits per heavy atom. The molecule has 112 valence electrons. The van der Waals surface area contributed by atoms with Crippen molar-refractivity contribution >= 4 is 32.3 Å². The predicted octanol–water partition coefficient (Wildman–Crippen LogP) is 6.21. The molecule has 0 aliphatic rings. The van der Waals surface area contributed by atoms with E-state index in [4.69, 9.17) is 0 Å². The van der Waals surface area contributed by atoms with Gasteiger partial charge in [0.1, 0.15) is 0 Å². The summed E-state index contributed by atoms with van der Waals surface area (Å²) in [6.07, 6.45) is 1.86. The van der Waals surface area contributed by atoms with E-state index in [2.05, 4.69) is 77.8 Å².